The van der Waals surface area contributed by atoms with Crippen molar-refractivity contribution in [1.29, 1.82) is 0 Å². The number of hydrazone groups is 1. The fraction of sp³-hybridized carbons (Fsp3) is 0.286. The highest BCUT2D eigenvalue weighted by Gasteiger charge is 2.10. The molecule has 0 heterocycles. The van der Waals surface area contributed by atoms with E-state index in [1.807, 2.05) is 19.9 Å². The molecule has 9 heteroatoms. The van der Waals surface area contributed by atoms with E-state index in [9.17, 15) is 14.7 Å². The number of hydrogen-bond donors (Lipinski definition) is 3. The van der Waals surface area contributed by atoms with E-state index in [-0.39, 0.29) is 24.5 Å². The molecule has 0 saturated carbocycles. The van der Waals surface area contributed by atoms with E-state index in [4.69, 9.17) is 23.2 Å². The second-order valence-corrected chi connectivity index (χ2v) is 7.22. The van der Waals surface area contributed by atoms with Crippen LogP contribution in [0.3, 0.4) is 0 Å². The van der Waals surface area contributed by atoms with Crippen LogP contribution in [-0.4, -0.2) is 36.2 Å². The van der Waals surface area contributed by atoms with E-state index in [1.54, 1.807) is 24.3 Å². The van der Waals surface area contributed by atoms with Crippen molar-refractivity contribution in [2.75, 3.05) is 23.3 Å². The van der Waals surface area contributed by atoms with Crippen molar-refractivity contribution in [3.8, 4) is 5.75 Å². The van der Waals surface area contributed by atoms with Crippen molar-refractivity contribution in [2.45, 2.75) is 26.7 Å². The summed E-state index contributed by atoms with van der Waals surface area (Å²) in [6.07, 6.45) is 1.26. The molecule has 0 bridgehead atoms. The highest BCUT2D eigenvalue weighted by Crippen LogP contribution is 2.25. The van der Waals surface area contributed by atoms with E-state index in [2.05, 4.69) is 20.7 Å². The fourth-order valence-electron chi connectivity index (χ4n) is 2.69. The minimum atomic E-state index is -0.428. The van der Waals surface area contributed by atoms with Crippen molar-refractivity contribution in [2.24, 2.45) is 5.10 Å². The summed E-state index contributed by atoms with van der Waals surface area (Å²) in [6, 6.07) is 9.97. The minimum absolute atomic E-state index is 0.0376. The molecule has 0 spiro atoms. The number of carbonyl (C=O) groups excluding carboxylic acids is 2. The first-order valence-corrected chi connectivity index (χ1v) is 10.2. The molecule has 2 aromatic rings. The molecular formula is C21H24Cl2N4O3. The summed E-state index contributed by atoms with van der Waals surface area (Å²) in [4.78, 5) is 26.0. The Kier molecular flexibility index (Phi) is 8.95. The number of benzene rings is 2. The zero-order valence-electron chi connectivity index (χ0n) is 16.8. The lowest BCUT2D eigenvalue weighted by molar-refractivity contribution is -0.124. The maximum absolute atomic E-state index is 12.0. The number of amides is 2. The lowest BCUT2D eigenvalue weighted by atomic mass is 10.2. The summed E-state index contributed by atoms with van der Waals surface area (Å²) < 4.78 is 0. The highest BCUT2D eigenvalue weighted by molar-refractivity contribution is 6.36. The van der Waals surface area contributed by atoms with Gasteiger partial charge in [-0.15, -0.1) is 0 Å². The first-order chi connectivity index (χ1) is 14.3. The largest absolute Gasteiger partial charge is 0.507 e. The molecule has 0 saturated heterocycles. The van der Waals surface area contributed by atoms with E-state index >= 15 is 0 Å². The molecule has 2 rings (SSSR count). The number of halogens is 2. The number of nitrogens with zero attached hydrogens (tertiary/aromatic N) is 2. The van der Waals surface area contributed by atoms with Crippen LogP contribution in [0.4, 0.5) is 11.4 Å². The predicted molar refractivity (Wildman–Crippen MR) is 122 cm³/mol. The first kappa shape index (κ1) is 23.5. The number of phenolic OH excluding ortho intramolecular Hbond substituents is 1. The first-order valence-electron chi connectivity index (χ1n) is 9.48. The minimum Gasteiger partial charge on any atom is -0.507 e. The fourth-order valence-corrected chi connectivity index (χ4v) is 3.14. The molecule has 30 heavy (non-hydrogen) atoms. The second-order valence-electron chi connectivity index (χ2n) is 6.38. The Bertz CT molecular complexity index is 930. The number of aromatic hydroxyl groups is 1. The van der Waals surface area contributed by atoms with Gasteiger partial charge in [-0.3, -0.25) is 9.59 Å². The van der Waals surface area contributed by atoms with Crippen LogP contribution in [0, 0.1) is 0 Å². The van der Waals surface area contributed by atoms with Crippen LogP contribution in [0.15, 0.2) is 41.5 Å². The Morgan fingerprint density at radius 2 is 1.77 bits per heavy atom. The SMILES string of the molecule is CCN(CC)c1ccc(/C=N/NC(=O)CCC(=O)Nc2ccc(Cl)cc2Cl)c(O)c1. The summed E-state index contributed by atoms with van der Waals surface area (Å²) in [6.45, 7) is 5.74. The molecule has 3 N–H and O–H groups in total. The highest BCUT2D eigenvalue weighted by atomic mass is 35.5. The number of nitrogens with one attached hydrogen (secondary N) is 2. The Labute approximate surface area is 185 Å². The van der Waals surface area contributed by atoms with Gasteiger partial charge in [0.05, 0.1) is 16.9 Å². The van der Waals surface area contributed by atoms with Gasteiger partial charge >= 0.3 is 0 Å². The zero-order chi connectivity index (χ0) is 22.1. The normalized spacial score (nSPS) is 10.8. The lowest BCUT2D eigenvalue weighted by Crippen LogP contribution is -2.21. The molecule has 0 aliphatic carbocycles. The van der Waals surface area contributed by atoms with Crippen LogP contribution in [0.25, 0.3) is 0 Å². The Balaban J connectivity index is 1.82. The van der Waals surface area contributed by atoms with Crippen LogP contribution in [0.5, 0.6) is 5.75 Å². The monoisotopic (exact) mass is 450 g/mol. The Morgan fingerprint density at radius 3 is 2.40 bits per heavy atom. The van der Waals surface area contributed by atoms with Gasteiger partial charge in [-0.2, -0.15) is 5.10 Å². The predicted octanol–water partition coefficient (Wildman–Crippen LogP) is 4.41. The van der Waals surface area contributed by atoms with Crippen molar-refractivity contribution >= 4 is 52.6 Å². The molecule has 0 fully saturated rings. The summed E-state index contributed by atoms with van der Waals surface area (Å²) in [5.74, 6) is -0.720. The maximum atomic E-state index is 12.0. The van der Waals surface area contributed by atoms with Gasteiger partial charge in [0.2, 0.25) is 11.8 Å². The van der Waals surface area contributed by atoms with Crippen LogP contribution in [0.1, 0.15) is 32.3 Å². The van der Waals surface area contributed by atoms with Crippen LogP contribution >= 0.6 is 23.2 Å². The number of rotatable bonds is 9. The van der Waals surface area contributed by atoms with Gasteiger partial charge < -0.3 is 15.3 Å². The summed E-state index contributed by atoms with van der Waals surface area (Å²) in [5.41, 5.74) is 4.15. The van der Waals surface area contributed by atoms with E-state index in [0.717, 1.165) is 18.8 Å². The third-order valence-corrected chi connectivity index (χ3v) is 4.87. The van der Waals surface area contributed by atoms with E-state index < -0.39 is 5.91 Å². The van der Waals surface area contributed by atoms with E-state index in [0.29, 0.717) is 21.3 Å². The molecule has 0 aromatic heterocycles. The molecule has 0 aliphatic rings. The summed E-state index contributed by atoms with van der Waals surface area (Å²) >= 11 is 11.8. The molecule has 0 atom stereocenters. The van der Waals surface area contributed by atoms with Gasteiger partial charge in [-0.05, 0) is 44.2 Å². The maximum Gasteiger partial charge on any atom is 0.240 e. The van der Waals surface area contributed by atoms with E-state index in [1.165, 1.54) is 12.3 Å². The number of hydrogen-bond acceptors (Lipinski definition) is 5. The lowest BCUT2D eigenvalue weighted by Gasteiger charge is -2.21. The molecule has 0 radical (unpaired) electrons. The van der Waals surface area contributed by atoms with Gasteiger partial charge in [0, 0.05) is 48.3 Å². The second kappa shape index (κ2) is 11.4. The topological polar surface area (TPSA) is 94.0 Å². The molecule has 0 unspecified atom stereocenters. The molecule has 0 aliphatic heterocycles. The average Bonchev–Trinajstić information content (AvgIpc) is 2.71. The van der Waals surface area contributed by atoms with Crippen molar-refractivity contribution in [3.63, 3.8) is 0 Å². The molecule has 2 amide bonds. The van der Waals surface area contributed by atoms with Crippen LogP contribution < -0.4 is 15.6 Å². The zero-order valence-corrected chi connectivity index (χ0v) is 18.3. The third-order valence-electron chi connectivity index (χ3n) is 4.32. The quantitative estimate of drug-likeness (QED) is 0.389. The van der Waals surface area contributed by atoms with Gasteiger partial charge in [0.25, 0.3) is 0 Å². The number of carbonyl (C=O) groups is 2. The van der Waals surface area contributed by atoms with Gasteiger partial charge in [0.15, 0.2) is 0 Å². The molecular weight excluding hydrogens is 427 g/mol. The molecule has 160 valence electrons. The average molecular weight is 451 g/mol. The summed E-state index contributed by atoms with van der Waals surface area (Å²) in [5, 5.41) is 17.4. The molecule has 2 aromatic carbocycles. The van der Waals surface area contributed by atoms with Gasteiger partial charge in [-0.1, -0.05) is 23.2 Å². The molecule has 7 nitrogen and oxygen atoms in total. The van der Waals surface area contributed by atoms with Crippen molar-refractivity contribution < 1.29 is 14.7 Å². The van der Waals surface area contributed by atoms with Gasteiger partial charge in [-0.25, -0.2) is 5.43 Å². The number of anilines is 2. The van der Waals surface area contributed by atoms with Crippen molar-refractivity contribution in [1.82, 2.24) is 5.43 Å². The third kappa shape index (κ3) is 6.93. The number of phenols is 1. The smallest absolute Gasteiger partial charge is 0.240 e. The van der Waals surface area contributed by atoms with Crippen molar-refractivity contribution in [3.05, 3.63) is 52.0 Å². The standard InChI is InChI=1S/C21H24Cl2N4O3/c1-3-27(4-2)16-7-5-14(19(28)12-16)13-24-26-21(30)10-9-20(29)25-18-8-6-15(22)11-17(18)23/h5-8,11-13,28H,3-4,9-10H2,1-2H3,(H,25,29)(H,26,30)/b24-13+. The van der Waals surface area contributed by atoms with Gasteiger partial charge in [0.1, 0.15) is 5.75 Å². The van der Waals surface area contributed by atoms with Crippen LogP contribution in [0.2, 0.25) is 10.0 Å². The van der Waals surface area contributed by atoms with Crippen LogP contribution in [-0.2, 0) is 9.59 Å². The Hall–Kier alpha value is -2.77. The summed E-state index contributed by atoms with van der Waals surface area (Å²) in [7, 11) is 0. The Morgan fingerprint density at radius 1 is 1.07 bits per heavy atom.